The van der Waals surface area contributed by atoms with E-state index >= 15 is 0 Å². The summed E-state index contributed by atoms with van der Waals surface area (Å²) < 4.78 is 11.6. The molecule has 0 amide bonds. The van der Waals surface area contributed by atoms with Crippen LogP contribution in [-0.2, 0) is 10.8 Å². The molecule has 1 fully saturated rings. The summed E-state index contributed by atoms with van der Waals surface area (Å²) in [6.07, 6.45) is 8.09. The Morgan fingerprint density at radius 2 is 2.07 bits per heavy atom. The Kier molecular flexibility index (Phi) is 5.27. The van der Waals surface area contributed by atoms with Crippen LogP contribution in [0, 0.1) is 0 Å². The van der Waals surface area contributed by atoms with Gasteiger partial charge < -0.3 is 15.1 Å². The lowest BCUT2D eigenvalue weighted by molar-refractivity contribution is 0.493. The second-order valence-electron chi connectivity index (χ2n) is 6.88. The molecule has 0 spiro atoms. The summed E-state index contributed by atoms with van der Waals surface area (Å²) in [6.45, 7) is 4.76. The number of nitrogens with zero attached hydrogens (tertiary/aromatic N) is 4. The number of rotatable bonds is 4. The van der Waals surface area contributed by atoms with E-state index in [0.717, 1.165) is 52.7 Å². The van der Waals surface area contributed by atoms with Crippen molar-refractivity contribution in [1.29, 1.82) is 0 Å². The largest absolute Gasteiger partial charge is 0.376 e. The number of nitrogens with one attached hydrogen (secondary N) is 1. The molecule has 0 unspecified atom stereocenters. The minimum absolute atomic E-state index is 0.671. The van der Waals surface area contributed by atoms with Crippen molar-refractivity contribution in [2.75, 3.05) is 48.4 Å². The Morgan fingerprint density at radius 3 is 2.85 bits per heavy atom. The van der Waals surface area contributed by atoms with E-state index in [1.165, 1.54) is 11.1 Å². The van der Waals surface area contributed by atoms with Crippen LogP contribution in [0.25, 0.3) is 5.57 Å². The predicted molar refractivity (Wildman–Crippen MR) is 114 cm³/mol. The lowest BCUT2D eigenvalue weighted by Gasteiger charge is -2.28. The average molecular weight is 402 g/mol. The monoisotopic (exact) mass is 401 g/mol. The van der Waals surface area contributed by atoms with Gasteiger partial charge in [0.25, 0.3) is 0 Å². The molecule has 27 heavy (non-hydrogen) atoms. The maximum absolute atomic E-state index is 11.6. The third-order valence-corrected chi connectivity index (χ3v) is 6.81. The zero-order valence-electron chi connectivity index (χ0n) is 15.5. The fourth-order valence-electron chi connectivity index (χ4n) is 3.32. The van der Waals surface area contributed by atoms with E-state index < -0.39 is 10.8 Å². The Balaban J connectivity index is 1.48. The van der Waals surface area contributed by atoms with Crippen molar-refractivity contribution in [1.82, 2.24) is 14.9 Å². The fourth-order valence-corrected chi connectivity index (χ4v) is 5.17. The van der Waals surface area contributed by atoms with Gasteiger partial charge in [-0.05, 0) is 13.0 Å². The molecule has 1 N–H and O–H groups in total. The van der Waals surface area contributed by atoms with Gasteiger partial charge in [0.2, 0.25) is 0 Å². The highest BCUT2D eigenvalue weighted by Crippen LogP contribution is 2.31. The second-order valence-corrected chi connectivity index (χ2v) is 9.61. The number of likely N-dealkylation sites (N-methyl/N-ethyl adjacent to an activating group) is 1. The number of anilines is 3. The molecule has 2 aromatic rings. The van der Waals surface area contributed by atoms with Gasteiger partial charge in [-0.15, -0.1) is 0 Å². The number of hydrogen-bond acceptors (Lipinski definition) is 7. The Labute approximate surface area is 166 Å². The summed E-state index contributed by atoms with van der Waals surface area (Å²) in [5.74, 6) is 2.25. The molecule has 0 radical (unpaired) electrons. The van der Waals surface area contributed by atoms with Gasteiger partial charge in [0, 0.05) is 84.9 Å². The Bertz CT molecular complexity index is 910. The minimum Gasteiger partial charge on any atom is -0.376 e. The lowest BCUT2D eigenvalue weighted by atomic mass is 10.1. The van der Waals surface area contributed by atoms with Crippen LogP contribution in [0.2, 0.25) is 0 Å². The summed E-state index contributed by atoms with van der Waals surface area (Å²) in [5.41, 5.74) is 3.64. The quantitative estimate of drug-likeness (QED) is 0.850. The van der Waals surface area contributed by atoms with Crippen LogP contribution in [-0.4, -0.2) is 57.3 Å². The van der Waals surface area contributed by atoms with Gasteiger partial charge in [-0.2, -0.15) is 0 Å². The highest BCUT2D eigenvalue weighted by Gasteiger charge is 2.16. The van der Waals surface area contributed by atoms with Crippen LogP contribution in [0.4, 0.5) is 16.6 Å². The molecule has 8 heteroatoms. The zero-order valence-corrected chi connectivity index (χ0v) is 17.1. The highest BCUT2D eigenvalue weighted by molar-refractivity contribution is 7.85. The topological polar surface area (TPSA) is 61.4 Å². The van der Waals surface area contributed by atoms with E-state index in [-0.39, 0.29) is 0 Å². The number of aromatic nitrogens is 2. The van der Waals surface area contributed by atoms with Crippen LogP contribution >= 0.6 is 11.3 Å². The van der Waals surface area contributed by atoms with Crippen LogP contribution in [0.5, 0.6) is 0 Å². The van der Waals surface area contributed by atoms with Gasteiger partial charge in [0.05, 0.1) is 4.88 Å². The molecule has 6 nitrogen and oxygen atoms in total. The van der Waals surface area contributed by atoms with Gasteiger partial charge in [-0.1, -0.05) is 23.0 Å². The Hall–Kier alpha value is -2.19. The molecule has 0 aromatic carbocycles. The van der Waals surface area contributed by atoms with Crippen LogP contribution < -0.4 is 10.2 Å². The summed E-state index contributed by atoms with van der Waals surface area (Å²) in [5, 5.41) is 4.15. The van der Waals surface area contributed by atoms with E-state index in [1.54, 1.807) is 11.3 Å². The fraction of sp³-hybridized carbons (Fsp3) is 0.368. The lowest BCUT2D eigenvalue weighted by Crippen LogP contribution is -2.37. The SMILES string of the molecule is CC1=CC(c2cnc(Nc3cc(N4CCS(=O)CC4)ccn3)s2)=CN(C)C1. The molecule has 0 saturated carbocycles. The first-order valence-electron chi connectivity index (χ1n) is 8.95. The molecular formula is C19H23N5OS2. The van der Waals surface area contributed by atoms with E-state index in [4.69, 9.17) is 0 Å². The van der Waals surface area contributed by atoms with E-state index in [2.05, 4.69) is 51.3 Å². The molecule has 2 aliphatic heterocycles. The summed E-state index contributed by atoms with van der Waals surface area (Å²) in [4.78, 5) is 14.5. The highest BCUT2D eigenvalue weighted by atomic mass is 32.2. The zero-order chi connectivity index (χ0) is 18.8. The number of pyridine rings is 1. The van der Waals surface area contributed by atoms with Crippen molar-refractivity contribution >= 4 is 44.3 Å². The van der Waals surface area contributed by atoms with Crippen molar-refractivity contribution in [3.05, 3.63) is 47.3 Å². The summed E-state index contributed by atoms with van der Waals surface area (Å²) in [7, 11) is 1.41. The van der Waals surface area contributed by atoms with Crippen LogP contribution in [0.3, 0.4) is 0 Å². The first kappa shape index (κ1) is 18.2. The molecule has 0 atom stereocenters. The van der Waals surface area contributed by atoms with E-state index in [1.807, 2.05) is 24.5 Å². The maximum Gasteiger partial charge on any atom is 0.188 e. The van der Waals surface area contributed by atoms with Crippen molar-refractivity contribution < 1.29 is 4.21 Å². The molecular weight excluding hydrogens is 378 g/mol. The van der Waals surface area contributed by atoms with Gasteiger partial charge in [0.1, 0.15) is 5.82 Å². The van der Waals surface area contributed by atoms with Gasteiger partial charge in [-0.25, -0.2) is 9.97 Å². The van der Waals surface area contributed by atoms with Crippen LogP contribution in [0.15, 0.2) is 42.4 Å². The van der Waals surface area contributed by atoms with Crippen molar-refractivity contribution in [2.45, 2.75) is 6.92 Å². The second kappa shape index (κ2) is 7.82. The third kappa shape index (κ3) is 4.39. The summed E-state index contributed by atoms with van der Waals surface area (Å²) >= 11 is 1.62. The smallest absolute Gasteiger partial charge is 0.188 e. The molecule has 0 aliphatic carbocycles. The van der Waals surface area contributed by atoms with Crippen LogP contribution in [0.1, 0.15) is 11.8 Å². The summed E-state index contributed by atoms with van der Waals surface area (Å²) in [6, 6.07) is 4.04. The molecule has 4 heterocycles. The predicted octanol–water partition coefficient (Wildman–Crippen LogP) is 3.08. The van der Waals surface area contributed by atoms with Crippen molar-refractivity contribution in [3.8, 4) is 0 Å². The van der Waals surface area contributed by atoms with Gasteiger partial charge in [0.15, 0.2) is 5.13 Å². The standard InChI is InChI=1S/C19H23N5OS2/c1-14-9-15(13-23(2)12-14)17-11-21-19(26-17)22-18-10-16(3-4-20-18)24-5-7-27(25)8-6-24/h3-4,9-11,13H,5-8,12H2,1-2H3,(H,20,21,22). The molecule has 2 aromatic heterocycles. The minimum atomic E-state index is -0.671. The molecule has 2 aliphatic rings. The normalized spacial score (nSPS) is 18.3. The molecule has 142 valence electrons. The van der Waals surface area contributed by atoms with Gasteiger partial charge in [-0.3, -0.25) is 4.21 Å². The maximum atomic E-state index is 11.6. The Morgan fingerprint density at radius 1 is 1.26 bits per heavy atom. The molecule has 0 bridgehead atoms. The molecule has 1 saturated heterocycles. The van der Waals surface area contributed by atoms with E-state index in [9.17, 15) is 4.21 Å². The first-order valence-corrected chi connectivity index (χ1v) is 11.3. The first-order chi connectivity index (χ1) is 13.1. The van der Waals surface area contributed by atoms with Crippen molar-refractivity contribution in [2.24, 2.45) is 0 Å². The number of thiazole rings is 1. The molecule has 4 rings (SSSR count). The van der Waals surface area contributed by atoms with Gasteiger partial charge >= 0.3 is 0 Å². The average Bonchev–Trinajstić information content (AvgIpc) is 3.10. The third-order valence-electron chi connectivity index (χ3n) is 4.57. The number of allylic oxidation sites excluding steroid dienone is 2. The van der Waals surface area contributed by atoms with E-state index in [0.29, 0.717) is 0 Å². The number of hydrogen-bond donors (Lipinski definition) is 1. The van der Waals surface area contributed by atoms with Crippen molar-refractivity contribution in [3.63, 3.8) is 0 Å².